The van der Waals surface area contributed by atoms with Crippen molar-refractivity contribution < 1.29 is 31.1 Å². The Morgan fingerprint density at radius 1 is 1.06 bits per heavy atom. The predicted octanol–water partition coefficient (Wildman–Crippen LogP) is 4.59. The van der Waals surface area contributed by atoms with Crippen molar-refractivity contribution in [1.29, 1.82) is 0 Å². The number of nitrogens with zero attached hydrogens (tertiary/aromatic N) is 2. The summed E-state index contributed by atoms with van der Waals surface area (Å²) in [6.07, 6.45) is -4.49. The maximum atomic E-state index is 13.3. The van der Waals surface area contributed by atoms with Crippen LogP contribution in [0.25, 0.3) is 16.9 Å². The molecule has 0 aliphatic heterocycles. The second kappa shape index (κ2) is 9.15. The summed E-state index contributed by atoms with van der Waals surface area (Å²) in [6, 6.07) is 13.4. The average molecular weight is 466 g/mol. The Kier molecular flexibility index (Phi) is 6.73. The molecule has 0 atom stereocenters. The number of hydrogen-bond acceptors (Lipinski definition) is 5. The van der Waals surface area contributed by atoms with E-state index < -0.39 is 27.7 Å². The van der Waals surface area contributed by atoms with E-state index in [2.05, 4.69) is 5.10 Å². The minimum absolute atomic E-state index is 0.0113. The number of ether oxygens (including phenoxy) is 1. The molecule has 0 spiro atoms. The molecule has 1 heterocycles. The average Bonchev–Trinajstić information content (AvgIpc) is 3.18. The monoisotopic (exact) mass is 466 g/mol. The number of esters is 1. The van der Waals surface area contributed by atoms with Crippen molar-refractivity contribution in [3.8, 4) is 16.9 Å². The lowest BCUT2D eigenvalue weighted by atomic mass is 10.1. The lowest BCUT2D eigenvalue weighted by Gasteiger charge is -2.09. The van der Waals surface area contributed by atoms with Gasteiger partial charge in [-0.05, 0) is 43.7 Å². The number of aryl methyl sites for hydroxylation is 1. The standard InChI is InChI=1S/C22H21F3N2O4S/c1-15-4-8-18(9-5-15)27-20(14-21(26-27)22(23,24)25)17-6-10-19(11-7-17)32(29,30)13-3-12-31-16(2)28/h4-11,14H,3,12-13H2,1-2H3. The highest BCUT2D eigenvalue weighted by Crippen LogP contribution is 2.33. The van der Waals surface area contributed by atoms with Gasteiger partial charge < -0.3 is 4.74 Å². The number of rotatable bonds is 7. The molecule has 3 rings (SSSR count). The molecule has 0 aliphatic carbocycles. The van der Waals surface area contributed by atoms with Crippen LogP contribution >= 0.6 is 0 Å². The van der Waals surface area contributed by atoms with Gasteiger partial charge >= 0.3 is 12.1 Å². The van der Waals surface area contributed by atoms with Crippen LogP contribution in [0, 0.1) is 6.92 Å². The largest absolute Gasteiger partial charge is 0.466 e. The van der Waals surface area contributed by atoms with Crippen LogP contribution in [0.4, 0.5) is 13.2 Å². The van der Waals surface area contributed by atoms with Crippen LogP contribution in [0.2, 0.25) is 0 Å². The van der Waals surface area contributed by atoms with Crippen LogP contribution in [-0.2, 0) is 25.5 Å². The summed E-state index contributed by atoms with van der Waals surface area (Å²) in [7, 11) is -3.64. The number of aromatic nitrogens is 2. The maximum absolute atomic E-state index is 13.3. The molecule has 0 saturated heterocycles. The van der Waals surface area contributed by atoms with Crippen LogP contribution in [0.15, 0.2) is 59.5 Å². The molecular weight excluding hydrogens is 445 g/mol. The van der Waals surface area contributed by atoms with Gasteiger partial charge in [0.2, 0.25) is 0 Å². The van der Waals surface area contributed by atoms with Crippen molar-refractivity contribution in [2.45, 2.75) is 31.3 Å². The smallest absolute Gasteiger partial charge is 0.435 e. The summed E-state index contributed by atoms with van der Waals surface area (Å²) in [5.74, 6) is -0.714. The summed E-state index contributed by atoms with van der Waals surface area (Å²) < 4.78 is 70.8. The molecular formula is C22H21F3N2O4S. The van der Waals surface area contributed by atoms with Crippen molar-refractivity contribution in [1.82, 2.24) is 9.78 Å². The molecule has 0 unspecified atom stereocenters. The third-order valence-electron chi connectivity index (χ3n) is 4.65. The first-order valence-electron chi connectivity index (χ1n) is 9.68. The third kappa shape index (κ3) is 5.56. The molecule has 0 bridgehead atoms. The molecule has 170 valence electrons. The fourth-order valence-electron chi connectivity index (χ4n) is 3.02. The van der Waals surface area contributed by atoms with Gasteiger partial charge in [-0.25, -0.2) is 13.1 Å². The number of hydrogen-bond donors (Lipinski definition) is 0. The molecule has 0 saturated carbocycles. The van der Waals surface area contributed by atoms with Gasteiger partial charge in [0.15, 0.2) is 15.5 Å². The number of alkyl halides is 3. The Bertz CT molecular complexity index is 1200. The van der Waals surface area contributed by atoms with Crippen molar-refractivity contribution in [3.05, 3.63) is 65.9 Å². The van der Waals surface area contributed by atoms with Gasteiger partial charge in [0.25, 0.3) is 0 Å². The van der Waals surface area contributed by atoms with Gasteiger partial charge in [-0.2, -0.15) is 18.3 Å². The highest BCUT2D eigenvalue weighted by molar-refractivity contribution is 7.91. The van der Waals surface area contributed by atoms with E-state index in [0.29, 0.717) is 11.3 Å². The van der Waals surface area contributed by atoms with E-state index in [1.54, 1.807) is 24.3 Å². The minimum atomic E-state index is -4.63. The molecule has 10 heteroatoms. The first kappa shape index (κ1) is 23.5. The van der Waals surface area contributed by atoms with E-state index >= 15 is 0 Å². The lowest BCUT2D eigenvalue weighted by molar-refractivity contribution is -0.142. The fourth-order valence-corrected chi connectivity index (χ4v) is 4.31. The fraction of sp³-hybridized carbons (Fsp3) is 0.273. The van der Waals surface area contributed by atoms with Crippen molar-refractivity contribution in [3.63, 3.8) is 0 Å². The molecule has 0 aliphatic rings. The van der Waals surface area contributed by atoms with E-state index in [9.17, 15) is 26.4 Å². The first-order chi connectivity index (χ1) is 15.0. The molecule has 0 amide bonds. The SMILES string of the molecule is CC(=O)OCCCS(=O)(=O)c1ccc(-c2cc(C(F)(F)F)nn2-c2ccc(C)cc2)cc1. The predicted molar refractivity (Wildman–Crippen MR) is 112 cm³/mol. The molecule has 32 heavy (non-hydrogen) atoms. The zero-order valence-corrected chi connectivity index (χ0v) is 18.2. The van der Waals surface area contributed by atoms with E-state index in [1.165, 1.54) is 35.9 Å². The van der Waals surface area contributed by atoms with Gasteiger partial charge in [0, 0.05) is 12.5 Å². The highest BCUT2D eigenvalue weighted by atomic mass is 32.2. The second-order valence-corrected chi connectivity index (χ2v) is 9.31. The molecule has 3 aromatic rings. The summed E-state index contributed by atoms with van der Waals surface area (Å²) in [5, 5.41) is 3.73. The molecule has 6 nitrogen and oxygen atoms in total. The van der Waals surface area contributed by atoms with Gasteiger partial charge in [-0.1, -0.05) is 29.8 Å². The maximum Gasteiger partial charge on any atom is 0.435 e. The van der Waals surface area contributed by atoms with Gasteiger partial charge in [-0.15, -0.1) is 0 Å². The van der Waals surface area contributed by atoms with E-state index in [1.807, 2.05) is 6.92 Å². The first-order valence-corrected chi connectivity index (χ1v) is 11.3. The van der Waals surface area contributed by atoms with E-state index in [0.717, 1.165) is 11.6 Å². The summed E-state index contributed by atoms with van der Waals surface area (Å²) >= 11 is 0. The molecule has 0 N–H and O–H groups in total. The van der Waals surface area contributed by atoms with E-state index in [-0.39, 0.29) is 29.4 Å². The molecule has 0 fully saturated rings. The number of sulfone groups is 1. The zero-order chi connectivity index (χ0) is 23.5. The number of halogens is 3. The third-order valence-corrected chi connectivity index (χ3v) is 6.47. The normalized spacial score (nSPS) is 12.0. The summed E-state index contributed by atoms with van der Waals surface area (Å²) in [5.41, 5.74) is 0.910. The Morgan fingerprint density at radius 2 is 1.69 bits per heavy atom. The zero-order valence-electron chi connectivity index (χ0n) is 17.4. The van der Waals surface area contributed by atoms with Crippen LogP contribution < -0.4 is 0 Å². The Labute approximate surface area is 183 Å². The Balaban J connectivity index is 1.92. The minimum Gasteiger partial charge on any atom is -0.466 e. The summed E-state index contributed by atoms with van der Waals surface area (Å²) in [4.78, 5) is 10.8. The molecule has 2 aromatic carbocycles. The number of carbonyl (C=O) groups is 1. The van der Waals surface area contributed by atoms with Gasteiger partial charge in [0.1, 0.15) is 0 Å². The van der Waals surface area contributed by atoms with Gasteiger partial charge in [-0.3, -0.25) is 4.79 Å². The van der Waals surface area contributed by atoms with Crippen LogP contribution in [0.1, 0.15) is 24.6 Å². The van der Waals surface area contributed by atoms with E-state index in [4.69, 9.17) is 4.74 Å². The molecule has 1 aromatic heterocycles. The van der Waals surface area contributed by atoms with Gasteiger partial charge in [0.05, 0.1) is 28.6 Å². The lowest BCUT2D eigenvalue weighted by Crippen LogP contribution is -2.10. The van der Waals surface area contributed by atoms with Crippen LogP contribution in [0.3, 0.4) is 0 Å². The van der Waals surface area contributed by atoms with Crippen LogP contribution in [0.5, 0.6) is 0 Å². The highest BCUT2D eigenvalue weighted by Gasteiger charge is 2.35. The summed E-state index contributed by atoms with van der Waals surface area (Å²) in [6.45, 7) is 3.08. The topological polar surface area (TPSA) is 78.3 Å². The molecule has 0 radical (unpaired) electrons. The number of benzene rings is 2. The number of carbonyl (C=O) groups excluding carboxylic acids is 1. The van der Waals surface area contributed by atoms with Crippen LogP contribution in [-0.4, -0.2) is 36.5 Å². The van der Waals surface area contributed by atoms with Crippen molar-refractivity contribution in [2.24, 2.45) is 0 Å². The van der Waals surface area contributed by atoms with Crippen molar-refractivity contribution in [2.75, 3.05) is 12.4 Å². The Hall–Kier alpha value is -3.14. The Morgan fingerprint density at radius 3 is 2.25 bits per heavy atom. The second-order valence-electron chi connectivity index (χ2n) is 7.20. The van der Waals surface area contributed by atoms with Crippen molar-refractivity contribution >= 4 is 15.8 Å². The quantitative estimate of drug-likeness (QED) is 0.376.